The Hall–Kier alpha value is -2.30. The molecule has 0 fully saturated rings. The molecule has 0 unspecified atom stereocenters. The Morgan fingerprint density at radius 1 is 1.39 bits per heavy atom. The van der Waals surface area contributed by atoms with Crippen LogP contribution >= 0.6 is 0 Å². The van der Waals surface area contributed by atoms with E-state index in [0.717, 1.165) is 17.0 Å². The summed E-state index contributed by atoms with van der Waals surface area (Å²) in [7, 11) is 1.52. The molecule has 0 aliphatic rings. The van der Waals surface area contributed by atoms with Gasteiger partial charge in [0.1, 0.15) is 0 Å². The molecule has 0 radical (unpaired) electrons. The Kier molecular flexibility index (Phi) is 3.62. The van der Waals surface area contributed by atoms with E-state index in [4.69, 9.17) is 4.74 Å². The molecule has 2 aromatic rings. The van der Waals surface area contributed by atoms with Gasteiger partial charge >= 0.3 is 6.09 Å². The largest absolute Gasteiger partial charge is 0.426 e. The minimum atomic E-state index is -0.467. The molecule has 5 heteroatoms. The summed E-state index contributed by atoms with van der Waals surface area (Å²) in [6.07, 6.45) is -0.467. The highest BCUT2D eigenvalue weighted by molar-refractivity contribution is 5.66. The van der Waals surface area contributed by atoms with Crippen LogP contribution in [0.25, 0.3) is 11.3 Å². The van der Waals surface area contributed by atoms with Gasteiger partial charge in [-0.15, -0.1) is 0 Å². The Morgan fingerprint density at radius 2 is 2.11 bits per heavy atom. The molecule has 18 heavy (non-hydrogen) atoms. The van der Waals surface area contributed by atoms with Gasteiger partial charge in [0.2, 0.25) is 0 Å². The lowest BCUT2D eigenvalue weighted by Gasteiger charge is -2.05. The highest BCUT2D eigenvalue weighted by atomic mass is 16.6. The third-order valence-corrected chi connectivity index (χ3v) is 2.57. The first kappa shape index (κ1) is 12.2. The number of nitrogens with one attached hydrogen (secondary N) is 1. The van der Waals surface area contributed by atoms with E-state index >= 15 is 0 Å². The van der Waals surface area contributed by atoms with E-state index in [0.29, 0.717) is 0 Å². The van der Waals surface area contributed by atoms with Crippen LogP contribution in [0.3, 0.4) is 0 Å². The van der Waals surface area contributed by atoms with E-state index in [9.17, 15) is 4.79 Å². The van der Waals surface area contributed by atoms with Gasteiger partial charge in [-0.1, -0.05) is 30.3 Å². The molecule has 1 aromatic carbocycles. The van der Waals surface area contributed by atoms with Crippen molar-refractivity contribution in [2.45, 2.75) is 13.7 Å². The Bertz CT molecular complexity index is 534. The van der Waals surface area contributed by atoms with Crippen LogP contribution in [0.1, 0.15) is 5.69 Å². The lowest BCUT2D eigenvalue weighted by molar-refractivity contribution is 0.109. The fourth-order valence-corrected chi connectivity index (χ4v) is 1.58. The monoisotopic (exact) mass is 245 g/mol. The fraction of sp³-hybridized carbons (Fsp3) is 0.231. The molecule has 1 N–H and O–H groups in total. The number of aryl methyl sites for hydroxylation is 1. The number of hydrogen-bond donors (Lipinski definition) is 1. The predicted molar refractivity (Wildman–Crippen MR) is 67.9 cm³/mol. The molecule has 0 spiro atoms. The van der Waals surface area contributed by atoms with Crippen molar-refractivity contribution < 1.29 is 9.53 Å². The zero-order chi connectivity index (χ0) is 13.0. The van der Waals surface area contributed by atoms with E-state index in [1.807, 2.05) is 43.3 Å². The Labute approximate surface area is 105 Å². The van der Waals surface area contributed by atoms with E-state index in [2.05, 4.69) is 10.4 Å². The van der Waals surface area contributed by atoms with Gasteiger partial charge in [0, 0.05) is 18.3 Å². The average Bonchev–Trinajstić information content (AvgIpc) is 2.78. The molecule has 0 aliphatic carbocycles. The zero-order valence-electron chi connectivity index (χ0n) is 10.4. The van der Waals surface area contributed by atoms with Crippen LogP contribution in [0.2, 0.25) is 0 Å². The standard InChI is InChI=1S/C13H15N3O2/c1-10-8-12(11-6-4-3-5-7-11)15-16(10)9-18-13(17)14-2/h3-8H,9H2,1-2H3,(H,14,17). The maximum atomic E-state index is 11.0. The van der Waals surface area contributed by atoms with Gasteiger partial charge in [0.15, 0.2) is 6.73 Å². The van der Waals surface area contributed by atoms with Crippen molar-refractivity contribution in [2.75, 3.05) is 7.05 Å². The summed E-state index contributed by atoms with van der Waals surface area (Å²) in [4.78, 5) is 11.0. The van der Waals surface area contributed by atoms with Gasteiger partial charge in [-0.25, -0.2) is 9.48 Å². The Balaban J connectivity index is 2.15. The van der Waals surface area contributed by atoms with Crippen LogP contribution in [0.4, 0.5) is 4.79 Å². The first-order valence-corrected chi connectivity index (χ1v) is 5.65. The summed E-state index contributed by atoms with van der Waals surface area (Å²) in [6.45, 7) is 2.03. The molecule has 0 saturated carbocycles. The third-order valence-electron chi connectivity index (χ3n) is 2.57. The minimum absolute atomic E-state index is 0.109. The number of rotatable bonds is 3. The summed E-state index contributed by atoms with van der Waals surface area (Å²) in [6, 6.07) is 11.8. The third kappa shape index (κ3) is 2.68. The summed E-state index contributed by atoms with van der Waals surface area (Å²) >= 11 is 0. The molecule has 1 heterocycles. The first-order chi connectivity index (χ1) is 8.70. The number of hydrogen-bond acceptors (Lipinski definition) is 3. The van der Waals surface area contributed by atoms with Crippen molar-refractivity contribution in [2.24, 2.45) is 0 Å². The number of ether oxygens (including phenoxy) is 1. The van der Waals surface area contributed by atoms with Crippen molar-refractivity contribution in [1.82, 2.24) is 15.1 Å². The number of nitrogens with zero attached hydrogens (tertiary/aromatic N) is 2. The Morgan fingerprint density at radius 3 is 2.78 bits per heavy atom. The van der Waals surface area contributed by atoms with Crippen LogP contribution in [0.5, 0.6) is 0 Å². The molecular weight excluding hydrogens is 230 g/mol. The topological polar surface area (TPSA) is 56.1 Å². The van der Waals surface area contributed by atoms with Gasteiger partial charge < -0.3 is 10.1 Å². The summed E-state index contributed by atoms with van der Waals surface area (Å²) < 4.78 is 6.61. The summed E-state index contributed by atoms with van der Waals surface area (Å²) in [5.41, 5.74) is 2.85. The second-order valence-corrected chi connectivity index (χ2v) is 3.85. The normalized spacial score (nSPS) is 10.1. The molecule has 94 valence electrons. The molecule has 0 atom stereocenters. The molecule has 0 aliphatic heterocycles. The van der Waals surface area contributed by atoms with E-state index in [-0.39, 0.29) is 6.73 Å². The molecule has 2 rings (SSSR count). The van der Waals surface area contributed by atoms with Crippen LogP contribution in [0, 0.1) is 6.92 Å². The number of alkyl carbamates (subject to hydrolysis) is 1. The van der Waals surface area contributed by atoms with E-state index in [1.54, 1.807) is 4.68 Å². The highest BCUT2D eigenvalue weighted by Crippen LogP contribution is 2.18. The quantitative estimate of drug-likeness (QED) is 0.901. The van der Waals surface area contributed by atoms with Gasteiger partial charge in [-0.05, 0) is 13.0 Å². The molecule has 0 saturated heterocycles. The molecule has 1 aromatic heterocycles. The maximum Gasteiger partial charge on any atom is 0.408 e. The SMILES string of the molecule is CNC(=O)OCn1nc(-c2ccccc2)cc1C. The van der Waals surface area contributed by atoms with Gasteiger partial charge in [0.25, 0.3) is 0 Å². The average molecular weight is 245 g/mol. The number of aromatic nitrogens is 2. The van der Waals surface area contributed by atoms with Gasteiger partial charge in [-0.2, -0.15) is 5.10 Å². The van der Waals surface area contributed by atoms with E-state index in [1.165, 1.54) is 7.05 Å². The lowest BCUT2D eigenvalue weighted by atomic mass is 10.1. The highest BCUT2D eigenvalue weighted by Gasteiger charge is 2.07. The molecular formula is C13H15N3O2. The van der Waals surface area contributed by atoms with Crippen LogP contribution in [-0.2, 0) is 11.5 Å². The minimum Gasteiger partial charge on any atom is -0.426 e. The van der Waals surface area contributed by atoms with Crippen molar-refractivity contribution in [3.8, 4) is 11.3 Å². The molecule has 1 amide bonds. The number of benzene rings is 1. The van der Waals surface area contributed by atoms with Crippen LogP contribution in [0.15, 0.2) is 36.4 Å². The van der Waals surface area contributed by atoms with Crippen LogP contribution in [-0.4, -0.2) is 22.9 Å². The smallest absolute Gasteiger partial charge is 0.408 e. The zero-order valence-corrected chi connectivity index (χ0v) is 10.4. The van der Waals surface area contributed by atoms with Gasteiger partial charge in [-0.3, -0.25) is 0 Å². The number of amides is 1. The lowest BCUT2D eigenvalue weighted by Crippen LogP contribution is -2.21. The van der Waals surface area contributed by atoms with Crippen molar-refractivity contribution >= 4 is 6.09 Å². The number of carbonyl (C=O) groups excluding carboxylic acids is 1. The first-order valence-electron chi connectivity index (χ1n) is 5.65. The second-order valence-electron chi connectivity index (χ2n) is 3.85. The van der Waals surface area contributed by atoms with E-state index < -0.39 is 6.09 Å². The van der Waals surface area contributed by atoms with Crippen molar-refractivity contribution in [3.05, 3.63) is 42.1 Å². The second kappa shape index (κ2) is 5.35. The van der Waals surface area contributed by atoms with Crippen molar-refractivity contribution in [3.63, 3.8) is 0 Å². The predicted octanol–water partition coefficient (Wildman–Crippen LogP) is 2.17. The molecule has 0 bridgehead atoms. The number of carbonyl (C=O) groups is 1. The summed E-state index contributed by atoms with van der Waals surface area (Å²) in [5.74, 6) is 0. The van der Waals surface area contributed by atoms with Crippen molar-refractivity contribution in [1.29, 1.82) is 0 Å². The fourth-order valence-electron chi connectivity index (χ4n) is 1.58. The molecule has 5 nitrogen and oxygen atoms in total. The van der Waals surface area contributed by atoms with Gasteiger partial charge in [0.05, 0.1) is 5.69 Å². The van der Waals surface area contributed by atoms with Crippen LogP contribution < -0.4 is 5.32 Å². The summed E-state index contributed by atoms with van der Waals surface area (Å²) in [5, 5.41) is 6.79. The maximum absolute atomic E-state index is 11.0.